The highest BCUT2D eigenvalue weighted by Crippen LogP contribution is 2.44. The van der Waals surface area contributed by atoms with Crippen LogP contribution in [0.1, 0.15) is 37.1 Å². The summed E-state index contributed by atoms with van der Waals surface area (Å²) in [7, 11) is 1.84. The van der Waals surface area contributed by atoms with Crippen molar-refractivity contribution in [3.05, 3.63) is 29.3 Å². The monoisotopic (exact) mass is 451 g/mol. The highest BCUT2D eigenvalue weighted by Gasteiger charge is 2.38. The predicted molar refractivity (Wildman–Crippen MR) is 115 cm³/mol. The first-order valence-corrected chi connectivity index (χ1v) is 10.5. The first-order valence-electron chi connectivity index (χ1n) is 10.5. The van der Waals surface area contributed by atoms with Gasteiger partial charge in [0.1, 0.15) is 17.0 Å². The van der Waals surface area contributed by atoms with Crippen molar-refractivity contribution in [2.24, 2.45) is 0 Å². The summed E-state index contributed by atoms with van der Waals surface area (Å²) in [5, 5.41) is 8.20. The van der Waals surface area contributed by atoms with Crippen molar-refractivity contribution in [3.8, 4) is 11.3 Å². The lowest BCUT2D eigenvalue weighted by molar-refractivity contribution is -0.137. The molecule has 0 bridgehead atoms. The zero-order valence-electron chi connectivity index (χ0n) is 18.1. The van der Waals surface area contributed by atoms with E-state index in [-0.39, 0.29) is 23.1 Å². The second-order valence-electron chi connectivity index (χ2n) is 7.92. The number of nitrogen functional groups attached to an aromatic ring is 1. The van der Waals surface area contributed by atoms with E-state index in [0.717, 1.165) is 18.9 Å². The number of nitrogens with one attached hydrogen (secondary N) is 1. The molecule has 11 heteroatoms. The van der Waals surface area contributed by atoms with Gasteiger partial charge in [-0.25, -0.2) is 9.37 Å². The average Bonchev–Trinajstić information content (AvgIpc) is 3.48. The second kappa shape index (κ2) is 8.19. The first-order chi connectivity index (χ1) is 15.2. The molecule has 0 radical (unpaired) electrons. The summed E-state index contributed by atoms with van der Waals surface area (Å²) in [5.41, 5.74) is 3.68. The number of fused-ring (bicyclic) bond motifs is 1. The molecular formula is C21H25F4N7. The maximum Gasteiger partial charge on any atom is 0.418 e. The standard InChI is InChI=1S/C21H25F4N7/c1-4-31(8-7-27-3)20-14-10-28-18(17(22)19(14)32(30-20)12-5-6-12)13-9-15(26)29-11(2)16(13)21(23,24)25/h9-10,12,27H,4-8H2,1-3H3,(H2,26,29). The quantitative estimate of drug-likeness (QED) is 0.530. The molecule has 0 spiro atoms. The average molecular weight is 451 g/mol. The van der Waals surface area contributed by atoms with Crippen LogP contribution in [0.3, 0.4) is 0 Å². The zero-order chi connectivity index (χ0) is 23.2. The van der Waals surface area contributed by atoms with Crippen LogP contribution in [-0.4, -0.2) is 46.4 Å². The van der Waals surface area contributed by atoms with Crippen LogP contribution in [0.15, 0.2) is 12.3 Å². The van der Waals surface area contributed by atoms with Gasteiger partial charge in [-0.15, -0.1) is 0 Å². The van der Waals surface area contributed by atoms with Crippen LogP contribution >= 0.6 is 0 Å². The minimum Gasteiger partial charge on any atom is -0.384 e. The SMILES string of the molecule is CCN(CCNC)c1nn(C2CC2)c2c(F)c(-c3cc(N)nc(C)c3C(F)(F)F)ncc12. The van der Waals surface area contributed by atoms with Crippen molar-refractivity contribution < 1.29 is 17.6 Å². The summed E-state index contributed by atoms with van der Waals surface area (Å²) in [5.74, 6) is -0.398. The van der Waals surface area contributed by atoms with Crippen LogP contribution in [0.5, 0.6) is 0 Å². The summed E-state index contributed by atoms with van der Waals surface area (Å²) in [6.07, 6.45) is -1.66. The molecule has 3 aromatic heterocycles. The van der Waals surface area contributed by atoms with E-state index in [4.69, 9.17) is 5.73 Å². The van der Waals surface area contributed by atoms with Gasteiger partial charge in [0.25, 0.3) is 0 Å². The third-order valence-electron chi connectivity index (χ3n) is 5.63. The van der Waals surface area contributed by atoms with Crippen molar-refractivity contribution in [1.82, 2.24) is 25.1 Å². The van der Waals surface area contributed by atoms with Crippen molar-refractivity contribution in [2.45, 2.75) is 38.9 Å². The Bertz CT molecular complexity index is 1150. The number of aryl methyl sites for hydroxylation is 1. The molecule has 7 nitrogen and oxygen atoms in total. The first kappa shape index (κ1) is 22.3. The molecule has 0 aromatic carbocycles. The van der Waals surface area contributed by atoms with E-state index in [1.807, 2.05) is 18.9 Å². The van der Waals surface area contributed by atoms with Gasteiger partial charge in [0.15, 0.2) is 11.6 Å². The number of halogens is 4. The van der Waals surface area contributed by atoms with Crippen molar-refractivity contribution in [3.63, 3.8) is 0 Å². The van der Waals surface area contributed by atoms with E-state index in [0.29, 0.717) is 30.8 Å². The number of hydrogen-bond acceptors (Lipinski definition) is 6. The Morgan fingerprint density at radius 3 is 2.62 bits per heavy atom. The highest BCUT2D eigenvalue weighted by molar-refractivity contribution is 5.93. The number of aromatic nitrogens is 4. The Morgan fingerprint density at radius 1 is 1.31 bits per heavy atom. The topological polar surface area (TPSA) is 84.9 Å². The summed E-state index contributed by atoms with van der Waals surface area (Å²) in [6.45, 7) is 5.15. The molecule has 172 valence electrons. The largest absolute Gasteiger partial charge is 0.418 e. The van der Waals surface area contributed by atoms with E-state index >= 15 is 4.39 Å². The van der Waals surface area contributed by atoms with Crippen LogP contribution in [0, 0.1) is 12.7 Å². The highest BCUT2D eigenvalue weighted by atomic mass is 19.4. The molecular weight excluding hydrogens is 426 g/mol. The fraction of sp³-hybridized carbons (Fsp3) is 0.476. The van der Waals surface area contributed by atoms with Gasteiger partial charge in [-0.3, -0.25) is 9.67 Å². The van der Waals surface area contributed by atoms with E-state index in [1.54, 1.807) is 4.68 Å². The van der Waals surface area contributed by atoms with Crippen LogP contribution in [0.4, 0.5) is 29.2 Å². The van der Waals surface area contributed by atoms with Crippen LogP contribution in [0.2, 0.25) is 0 Å². The van der Waals surface area contributed by atoms with Crippen molar-refractivity contribution >= 4 is 22.5 Å². The molecule has 1 aliphatic rings. The summed E-state index contributed by atoms with van der Waals surface area (Å²) < 4.78 is 58.9. The number of rotatable bonds is 7. The molecule has 4 rings (SSSR count). The van der Waals surface area contributed by atoms with Gasteiger partial charge in [-0.1, -0.05) is 0 Å². The van der Waals surface area contributed by atoms with Gasteiger partial charge in [0, 0.05) is 31.4 Å². The van der Waals surface area contributed by atoms with Crippen LogP contribution in [-0.2, 0) is 6.18 Å². The molecule has 0 unspecified atom stereocenters. The maximum atomic E-state index is 15.9. The molecule has 3 heterocycles. The minimum atomic E-state index is -4.74. The molecule has 32 heavy (non-hydrogen) atoms. The second-order valence-corrected chi connectivity index (χ2v) is 7.92. The number of pyridine rings is 2. The Balaban J connectivity index is 1.96. The Morgan fingerprint density at radius 2 is 2.03 bits per heavy atom. The van der Waals surface area contributed by atoms with Gasteiger partial charge in [-0.2, -0.15) is 18.3 Å². The van der Waals surface area contributed by atoms with Gasteiger partial charge in [-0.05, 0) is 39.8 Å². The Kier molecular flexibility index (Phi) is 5.70. The zero-order valence-corrected chi connectivity index (χ0v) is 18.1. The van der Waals surface area contributed by atoms with E-state index in [9.17, 15) is 13.2 Å². The number of alkyl halides is 3. The van der Waals surface area contributed by atoms with Crippen molar-refractivity contribution in [2.75, 3.05) is 37.3 Å². The van der Waals surface area contributed by atoms with Gasteiger partial charge in [0.2, 0.25) is 0 Å². The smallest absolute Gasteiger partial charge is 0.384 e. The van der Waals surface area contributed by atoms with Gasteiger partial charge in [0.05, 0.1) is 22.7 Å². The normalized spacial score (nSPS) is 14.3. The number of likely N-dealkylation sites (N-methyl/N-ethyl adjacent to an activating group) is 2. The molecule has 0 atom stereocenters. The molecule has 0 aliphatic heterocycles. The number of anilines is 2. The summed E-state index contributed by atoms with van der Waals surface area (Å²) in [4.78, 5) is 9.84. The third-order valence-corrected chi connectivity index (χ3v) is 5.63. The maximum absolute atomic E-state index is 15.9. The van der Waals surface area contributed by atoms with Crippen molar-refractivity contribution in [1.29, 1.82) is 0 Å². The molecule has 0 saturated heterocycles. The molecule has 3 aromatic rings. The van der Waals surface area contributed by atoms with Gasteiger partial charge < -0.3 is 16.0 Å². The molecule has 1 aliphatic carbocycles. The van der Waals surface area contributed by atoms with E-state index in [2.05, 4.69) is 20.4 Å². The summed E-state index contributed by atoms with van der Waals surface area (Å²) in [6, 6.07) is 1.04. The Labute approximate surface area is 182 Å². The number of nitrogens with two attached hydrogens (primary N) is 1. The van der Waals surface area contributed by atoms with Gasteiger partial charge >= 0.3 is 6.18 Å². The fourth-order valence-corrected chi connectivity index (χ4v) is 3.98. The molecule has 0 amide bonds. The molecule has 1 saturated carbocycles. The lowest BCUT2D eigenvalue weighted by Gasteiger charge is -2.20. The molecule has 3 N–H and O–H groups in total. The number of hydrogen-bond donors (Lipinski definition) is 2. The fourth-order valence-electron chi connectivity index (χ4n) is 3.98. The minimum absolute atomic E-state index is 0.0188. The third kappa shape index (κ3) is 3.85. The van der Waals surface area contributed by atoms with Crippen LogP contribution < -0.4 is 16.0 Å². The predicted octanol–water partition coefficient (Wildman–Crippen LogP) is 3.92. The van der Waals surface area contributed by atoms with E-state index < -0.39 is 28.8 Å². The van der Waals surface area contributed by atoms with E-state index in [1.165, 1.54) is 13.1 Å². The molecule has 1 fully saturated rings. The lowest BCUT2D eigenvalue weighted by Crippen LogP contribution is -2.31. The van der Waals surface area contributed by atoms with Crippen LogP contribution in [0.25, 0.3) is 22.2 Å². The number of nitrogens with zero attached hydrogens (tertiary/aromatic N) is 5. The Hall–Kier alpha value is -2.95. The lowest BCUT2D eigenvalue weighted by atomic mass is 10.0. The summed E-state index contributed by atoms with van der Waals surface area (Å²) >= 11 is 0.